The van der Waals surface area contributed by atoms with Gasteiger partial charge in [0.1, 0.15) is 12.9 Å². The molecule has 1 aromatic rings. The minimum Gasteiger partial charge on any atom is -0.448 e. The molecular weight excluding hydrogens is 220 g/mol. The number of hydrogen-bond donors (Lipinski definition) is 1. The number of oxazole rings is 1. The van der Waals surface area contributed by atoms with Crippen molar-refractivity contribution in [3.8, 4) is 6.08 Å². The number of rotatable bonds is 7. The molecule has 1 heterocycles. The molecule has 0 unspecified atom stereocenters. The Morgan fingerprint density at radius 1 is 1.35 bits per heavy atom. The zero-order valence-electron chi connectivity index (χ0n) is 11.1. The van der Waals surface area contributed by atoms with Gasteiger partial charge in [0.25, 0.3) is 0 Å². The largest absolute Gasteiger partial charge is 0.448 e. The van der Waals surface area contributed by atoms with Crippen LogP contribution in [0.15, 0.2) is 10.7 Å². The second-order valence-electron chi connectivity index (χ2n) is 4.69. The fourth-order valence-corrected chi connectivity index (χ4v) is 1.17. The fourth-order valence-electron chi connectivity index (χ4n) is 1.17. The molecular formula is C12H22N2O3. The molecule has 1 N–H and O–H groups in total. The molecule has 0 aliphatic heterocycles. The third-order valence-electron chi connectivity index (χ3n) is 1.93. The van der Waals surface area contributed by atoms with Crippen LogP contribution in [0.5, 0.6) is 6.08 Å². The van der Waals surface area contributed by atoms with Crippen LogP contribution in [0.2, 0.25) is 0 Å². The highest BCUT2D eigenvalue weighted by atomic mass is 16.6. The highest BCUT2D eigenvalue weighted by Gasteiger charge is 2.10. The van der Waals surface area contributed by atoms with Crippen LogP contribution in [-0.2, 0) is 11.3 Å². The molecule has 0 aromatic carbocycles. The third kappa shape index (κ3) is 6.28. The summed E-state index contributed by atoms with van der Waals surface area (Å²) in [7, 11) is 0. The minimum absolute atomic E-state index is 0.143. The van der Waals surface area contributed by atoms with Crippen molar-refractivity contribution in [3.05, 3.63) is 12.0 Å². The van der Waals surface area contributed by atoms with Gasteiger partial charge in [0.05, 0.1) is 17.9 Å². The normalized spacial score (nSPS) is 11.8. The Morgan fingerprint density at radius 3 is 2.76 bits per heavy atom. The molecule has 98 valence electrons. The molecule has 0 saturated carbocycles. The van der Waals surface area contributed by atoms with Gasteiger partial charge in [-0.15, -0.1) is 0 Å². The summed E-state index contributed by atoms with van der Waals surface area (Å²) in [5.41, 5.74) is 0.703. The Balaban J connectivity index is 2.21. The van der Waals surface area contributed by atoms with E-state index in [1.165, 1.54) is 0 Å². The SMILES string of the molecule is CCNCc1coc(OCCOC(C)(C)C)n1. The van der Waals surface area contributed by atoms with Gasteiger partial charge in [0, 0.05) is 6.54 Å². The van der Waals surface area contributed by atoms with Gasteiger partial charge in [-0.3, -0.25) is 0 Å². The maximum absolute atomic E-state index is 5.52. The van der Waals surface area contributed by atoms with E-state index < -0.39 is 0 Å². The first-order valence-electron chi connectivity index (χ1n) is 5.93. The molecule has 0 amide bonds. The topological polar surface area (TPSA) is 56.5 Å². The highest BCUT2D eigenvalue weighted by Crippen LogP contribution is 2.10. The van der Waals surface area contributed by atoms with Gasteiger partial charge in [-0.05, 0) is 27.3 Å². The van der Waals surface area contributed by atoms with Crippen molar-refractivity contribution in [3.63, 3.8) is 0 Å². The Hall–Kier alpha value is -1.07. The second kappa shape index (κ2) is 6.61. The first kappa shape index (κ1) is 14.0. The lowest BCUT2D eigenvalue weighted by Gasteiger charge is -2.18. The van der Waals surface area contributed by atoms with Gasteiger partial charge >= 0.3 is 6.08 Å². The van der Waals surface area contributed by atoms with Crippen LogP contribution in [0.25, 0.3) is 0 Å². The lowest BCUT2D eigenvalue weighted by molar-refractivity contribution is -0.0196. The Kier molecular flexibility index (Phi) is 5.44. The van der Waals surface area contributed by atoms with E-state index in [1.54, 1.807) is 6.26 Å². The molecule has 1 rings (SSSR count). The maximum Gasteiger partial charge on any atom is 0.393 e. The smallest absolute Gasteiger partial charge is 0.393 e. The highest BCUT2D eigenvalue weighted by molar-refractivity contribution is 4.99. The van der Waals surface area contributed by atoms with Crippen LogP contribution in [-0.4, -0.2) is 30.3 Å². The summed E-state index contributed by atoms with van der Waals surface area (Å²) >= 11 is 0. The van der Waals surface area contributed by atoms with Gasteiger partial charge in [-0.1, -0.05) is 6.92 Å². The lowest BCUT2D eigenvalue weighted by atomic mass is 10.2. The van der Waals surface area contributed by atoms with E-state index in [4.69, 9.17) is 13.9 Å². The average molecular weight is 242 g/mol. The molecule has 0 radical (unpaired) electrons. The number of ether oxygens (including phenoxy) is 2. The monoisotopic (exact) mass is 242 g/mol. The summed E-state index contributed by atoms with van der Waals surface area (Å²) in [5, 5.41) is 3.16. The standard InChI is InChI=1S/C12H22N2O3/c1-5-13-8-10-9-16-11(14-10)15-6-7-17-12(2,3)4/h9,13H,5-8H2,1-4H3. The molecule has 0 fully saturated rings. The molecule has 0 aliphatic carbocycles. The number of aromatic nitrogens is 1. The van der Waals surface area contributed by atoms with Crippen LogP contribution in [0.4, 0.5) is 0 Å². The molecule has 0 spiro atoms. The number of hydrogen-bond acceptors (Lipinski definition) is 5. The van der Waals surface area contributed by atoms with Gasteiger partial charge in [0.2, 0.25) is 0 Å². The Morgan fingerprint density at radius 2 is 2.12 bits per heavy atom. The van der Waals surface area contributed by atoms with E-state index in [0.717, 1.165) is 12.2 Å². The molecule has 0 aliphatic rings. The molecule has 0 bridgehead atoms. The average Bonchev–Trinajstić information content (AvgIpc) is 2.68. The summed E-state index contributed by atoms with van der Waals surface area (Å²) in [5.74, 6) is 0. The number of nitrogens with zero attached hydrogens (tertiary/aromatic N) is 1. The quantitative estimate of drug-likeness (QED) is 0.741. The number of nitrogens with one attached hydrogen (secondary N) is 1. The molecule has 0 saturated heterocycles. The minimum atomic E-state index is -0.143. The van der Waals surface area contributed by atoms with E-state index >= 15 is 0 Å². The van der Waals surface area contributed by atoms with Crippen molar-refractivity contribution in [1.82, 2.24) is 10.3 Å². The van der Waals surface area contributed by atoms with Crippen LogP contribution < -0.4 is 10.1 Å². The van der Waals surface area contributed by atoms with Crippen molar-refractivity contribution in [2.24, 2.45) is 0 Å². The van der Waals surface area contributed by atoms with Gasteiger partial charge in [0.15, 0.2) is 0 Å². The summed E-state index contributed by atoms with van der Waals surface area (Å²) < 4.78 is 16.0. The van der Waals surface area contributed by atoms with Gasteiger partial charge in [-0.25, -0.2) is 0 Å². The maximum atomic E-state index is 5.52. The van der Waals surface area contributed by atoms with E-state index in [2.05, 4.69) is 10.3 Å². The molecule has 1 aromatic heterocycles. The van der Waals surface area contributed by atoms with E-state index in [9.17, 15) is 0 Å². The van der Waals surface area contributed by atoms with Crippen molar-refractivity contribution in [2.45, 2.75) is 39.8 Å². The van der Waals surface area contributed by atoms with E-state index in [0.29, 0.717) is 25.8 Å². The van der Waals surface area contributed by atoms with E-state index in [-0.39, 0.29) is 5.60 Å². The van der Waals surface area contributed by atoms with Crippen LogP contribution in [0.3, 0.4) is 0 Å². The van der Waals surface area contributed by atoms with Crippen molar-refractivity contribution in [1.29, 1.82) is 0 Å². The van der Waals surface area contributed by atoms with E-state index in [1.807, 2.05) is 27.7 Å². The van der Waals surface area contributed by atoms with Gasteiger partial charge < -0.3 is 19.2 Å². The first-order chi connectivity index (χ1) is 8.01. The lowest BCUT2D eigenvalue weighted by Crippen LogP contribution is -2.22. The zero-order chi connectivity index (χ0) is 12.7. The van der Waals surface area contributed by atoms with Crippen molar-refractivity contribution >= 4 is 0 Å². The summed E-state index contributed by atoms with van der Waals surface area (Å²) in [6.45, 7) is 10.6. The van der Waals surface area contributed by atoms with Crippen molar-refractivity contribution < 1.29 is 13.9 Å². The molecule has 17 heavy (non-hydrogen) atoms. The van der Waals surface area contributed by atoms with Gasteiger partial charge in [-0.2, -0.15) is 4.98 Å². The summed E-state index contributed by atoms with van der Waals surface area (Å²) in [6, 6.07) is 0. The Labute approximate surface area is 103 Å². The molecule has 0 atom stereocenters. The fraction of sp³-hybridized carbons (Fsp3) is 0.750. The van der Waals surface area contributed by atoms with Crippen LogP contribution in [0, 0.1) is 0 Å². The zero-order valence-corrected chi connectivity index (χ0v) is 11.1. The Bertz CT molecular complexity index is 318. The molecule has 5 heteroatoms. The summed E-state index contributed by atoms with van der Waals surface area (Å²) in [4.78, 5) is 4.17. The third-order valence-corrected chi connectivity index (χ3v) is 1.93. The van der Waals surface area contributed by atoms with Crippen LogP contribution >= 0.6 is 0 Å². The second-order valence-corrected chi connectivity index (χ2v) is 4.69. The van der Waals surface area contributed by atoms with Crippen LogP contribution in [0.1, 0.15) is 33.4 Å². The molecule has 5 nitrogen and oxygen atoms in total. The predicted molar refractivity (Wildman–Crippen MR) is 65.1 cm³/mol. The van der Waals surface area contributed by atoms with Crippen molar-refractivity contribution in [2.75, 3.05) is 19.8 Å². The first-order valence-corrected chi connectivity index (χ1v) is 5.93. The summed E-state index contributed by atoms with van der Waals surface area (Å²) in [6.07, 6.45) is 1.90. The predicted octanol–water partition coefficient (Wildman–Crippen LogP) is 1.98.